The number of ether oxygens (including phenoxy) is 1. The van der Waals surface area contributed by atoms with Crippen molar-refractivity contribution >= 4 is 33.3 Å². The molecule has 1 fully saturated rings. The normalized spacial score (nSPS) is 23.0. The van der Waals surface area contributed by atoms with Gasteiger partial charge in [0.15, 0.2) is 23.2 Å². The molecule has 1 aliphatic rings. The van der Waals surface area contributed by atoms with E-state index in [1.807, 2.05) is 11.9 Å². The topological polar surface area (TPSA) is 244 Å². The van der Waals surface area contributed by atoms with Crippen LogP contribution in [0.3, 0.4) is 0 Å². The van der Waals surface area contributed by atoms with Gasteiger partial charge in [0.2, 0.25) is 5.95 Å². The van der Waals surface area contributed by atoms with Crippen molar-refractivity contribution in [2.75, 3.05) is 44.8 Å². The molecule has 1 aliphatic heterocycles. The Labute approximate surface area is 190 Å². The number of aliphatic hydroxyl groups excluding tert-OH is 2. The second kappa shape index (κ2) is 11.8. The molecule has 4 atom stereocenters. The van der Waals surface area contributed by atoms with Gasteiger partial charge in [-0.1, -0.05) is 0 Å². The fourth-order valence-corrected chi connectivity index (χ4v) is 3.40. The van der Waals surface area contributed by atoms with E-state index in [2.05, 4.69) is 25.1 Å². The van der Waals surface area contributed by atoms with Crippen LogP contribution < -0.4 is 16.9 Å². The van der Waals surface area contributed by atoms with Crippen molar-refractivity contribution in [3.63, 3.8) is 0 Å². The Balaban J connectivity index is 0.000000696. The van der Waals surface area contributed by atoms with Crippen LogP contribution in [0.4, 0.5) is 11.8 Å². The van der Waals surface area contributed by atoms with Gasteiger partial charge in [-0.15, -0.1) is 0 Å². The van der Waals surface area contributed by atoms with Gasteiger partial charge in [-0.25, -0.2) is 20.8 Å². The Morgan fingerprint density at radius 1 is 1.27 bits per heavy atom. The minimum atomic E-state index is -4.67. The monoisotopic (exact) mass is 494 g/mol. The summed E-state index contributed by atoms with van der Waals surface area (Å²) in [6.07, 6.45) is -0.574. The molecule has 3 heterocycles. The van der Waals surface area contributed by atoms with Gasteiger partial charge in [-0.2, -0.15) is 8.42 Å². The average molecular weight is 495 g/mol. The van der Waals surface area contributed by atoms with Crippen LogP contribution in [-0.4, -0.2) is 104 Å². The highest BCUT2D eigenvalue weighted by molar-refractivity contribution is 7.79. The lowest BCUT2D eigenvalue weighted by molar-refractivity contribution is -0.0412. The van der Waals surface area contributed by atoms with Gasteiger partial charge < -0.3 is 35.7 Å². The number of likely N-dealkylation sites (N-methyl/N-ethyl adjacent to an activating group) is 1. The van der Waals surface area contributed by atoms with E-state index in [0.29, 0.717) is 30.3 Å². The molecule has 0 saturated carbocycles. The van der Waals surface area contributed by atoms with Crippen LogP contribution in [0.2, 0.25) is 0 Å². The summed E-state index contributed by atoms with van der Waals surface area (Å²) in [6.45, 7) is 1.75. The average Bonchev–Trinajstić information content (AvgIpc) is 3.23. The van der Waals surface area contributed by atoms with Gasteiger partial charge in [0.1, 0.15) is 24.6 Å². The number of nitrogens with zero attached hydrogens (tertiary/aromatic N) is 5. The summed E-state index contributed by atoms with van der Waals surface area (Å²) in [6, 6.07) is 0. The van der Waals surface area contributed by atoms with Gasteiger partial charge in [-0.05, 0) is 26.4 Å². The van der Waals surface area contributed by atoms with E-state index in [0.717, 1.165) is 19.4 Å². The van der Waals surface area contributed by atoms with Gasteiger partial charge in [0.25, 0.3) is 0 Å². The van der Waals surface area contributed by atoms with Crippen LogP contribution in [-0.2, 0) is 20.0 Å². The fourth-order valence-electron chi connectivity index (χ4n) is 3.40. The third-order valence-corrected chi connectivity index (χ3v) is 4.86. The first kappa shape index (κ1) is 27.0. The quantitative estimate of drug-likeness (QED) is 0.113. The van der Waals surface area contributed by atoms with E-state index in [1.54, 1.807) is 11.6 Å². The number of rotatable bonds is 9. The Morgan fingerprint density at radius 3 is 2.55 bits per heavy atom. The number of nitrogens with one attached hydrogen (secondary N) is 1. The number of hydrogen-bond acceptors (Lipinski definition) is 13. The number of nitrogens with two attached hydrogens (primary N) is 2. The van der Waals surface area contributed by atoms with Gasteiger partial charge in [0, 0.05) is 13.6 Å². The Morgan fingerprint density at radius 2 is 1.94 bits per heavy atom. The lowest BCUT2D eigenvalue weighted by atomic mass is 10.1. The molecule has 0 spiro atoms. The summed E-state index contributed by atoms with van der Waals surface area (Å²) in [7, 11) is -1.05. The van der Waals surface area contributed by atoms with E-state index in [1.165, 1.54) is 6.33 Å². The van der Waals surface area contributed by atoms with Crippen molar-refractivity contribution in [2.45, 2.75) is 37.4 Å². The van der Waals surface area contributed by atoms with Crippen molar-refractivity contribution < 1.29 is 37.3 Å². The highest BCUT2D eigenvalue weighted by atomic mass is 32.3. The molecule has 17 heteroatoms. The molecule has 16 nitrogen and oxygen atoms in total. The molecule has 0 aromatic carbocycles. The summed E-state index contributed by atoms with van der Waals surface area (Å²) in [5.74, 6) is 5.66. The number of imidazole rings is 1. The third kappa shape index (κ3) is 7.39. The van der Waals surface area contributed by atoms with Crippen LogP contribution in [0.5, 0.6) is 0 Å². The molecule has 0 radical (unpaired) electrons. The lowest BCUT2D eigenvalue weighted by Crippen LogP contribution is -2.38. The molecule has 2 aromatic rings. The molecule has 33 heavy (non-hydrogen) atoms. The Kier molecular flexibility index (Phi) is 9.64. The molecule has 0 aliphatic carbocycles. The summed E-state index contributed by atoms with van der Waals surface area (Å²) < 4.78 is 39.2. The molecule has 2 aromatic heterocycles. The number of anilines is 2. The SMILES string of the molecule is CNc1nc2c(N)ncnc2n1[C@@H]1O[C@H](CN(C)CCCCON)[C@@H](O)[C@H]1O.O=S(=O)(O)O. The highest BCUT2D eigenvalue weighted by Crippen LogP contribution is 2.35. The second-order valence-corrected chi connectivity index (χ2v) is 8.22. The predicted octanol–water partition coefficient (Wildman–Crippen LogP) is -1.98. The molecule has 0 unspecified atom stereocenters. The first-order valence-electron chi connectivity index (χ1n) is 9.85. The van der Waals surface area contributed by atoms with Gasteiger partial charge in [-0.3, -0.25) is 13.7 Å². The van der Waals surface area contributed by atoms with Crippen molar-refractivity contribution in [3.8, 4) is 0 Å². The first-order chi connectivity index (χ1) is 15.5. The van der Waals surface area contributed by atoms with E-state index in [4.69, 9.17) is 33.9 Å². The minimum absolute atomic E-state index is 0.228. The highest BCUT2D eigenvalue weighted by Gasteiger charge is 2.45. The zero-order chi connectivity index (χ0) is 24.8. The van der Waals surface area contributed by atoms with Crippen LogP contribution in [0, 0.1) is 0 Å². The molecule has 1 saturated heterocycles. The van der Waals surface area contributed by atoms with Crippen molar-refractivity contribution in [1.29, 1.82) is 0 Å². The van der Waals surface area contributed by atoms with E-state index < -0.39 is 34.9 Å². The van der Waals surface area contributed by atoms with Crippen LogP contribution in [0.25, 0.3) is 11.2 Å². The predicted molar refractivity (Wildman–Crippen MR) is 116 cm³/mol. The number of unbranched alkanes of at least 4 members (excludes halogenated alkanes) is 1. The molecular formula is C16H30N8O8S. The molecule has 0 amide bonds. The maximum absolute atomic E-state index is 10.6. The van der Waals surface area contributed by atoms with Gasteiger partial charge in [0.05, 0.1) is 6.61 Å². The lowest BCUT2D eigenvalue weighted by Gasteiger charge is -2.22. The van der Waals surface area contributed by atoms with Crippen LogP contribution in [0.15, 0.2) is 6.33 Å². The van der Waals surface area contributed by atoms with Crippen LogP contribution in [0.1, 0.15) is 19.1 Å². The van der Waals surface area contributed by atoms with E-state index in [-0.39, 0.29) is 5.82 Å². The zero-order valence-electron chi connectivity index (χ0n) is 18.1. The van der Waals surface area contributed by atoms with Crippen molar-refractivity contribution in [1.82, 2.24) is 24.4 Å². The number of nitrogen functional groups attached to an aromatic ring is 1. The smallest absolute Gasteiger partial charge is 0.387 e. The summed E-state index contributed by atoms with van der Waals surface area (Å²) in [5, 5.41) is 24.1. The van der Waals surface area contributed by atoms with Crippen LogP contribution >= 0.6 is 0 Å². The maximum Gasteiger partial charge on any atom is 0.394 e. The molecule has 3 rings (SSSR count). The van der Waals surface area contributed by atoms with Gasteiger partial charge >= 0.3 is 10.4 Å². The van der Waals surface area contributed by atoms with Crippen molar-refractivity contribution in [3.05, 3.63) is 6.33 Å². The number of aromatic nitrogens is 4. The molecular weight excluding hydrogens is 464 g/mol. The minimum Gasteiger partial charge on any atom is -0.387 e. The number of fused-ring (bicyclic) bond motifs is 1. The maximum atomic E-state index is 10.6. The molecule has 0 bridgehead atoms. The molecule has 188 valence electrons. The van der Waals surface area contributed by atoms with E-state index >= 15 is 0 Å². The van der Waals surface area contributed by atoms with Crippen molar-refractivity contribution in [2.24, 2.45) is 5.90 Å². The third-order valence-electron chi connectivity index (χ3n) is 4.86. The Hall–Kier alpha value is -2.22. The van der Waals surface area contributed by atoms with E-state index in [9.17, 15) is 10.2 Å². The largest absolute Gasteiger partial charge is 0.394 e. The zero-order valence-corrected chi connectivity index (χ0v) is 19.0. The second-order valence-electron chi connectivity index (χ2n) is 7.32. The Bertz CT molecular complexity index is 998. The number of hydrogen-bond donors (Lipinski definition) is 7. The standard InChI is InChI=1S/C16H28N8O4.H2O4S/c1-19-16-22-10-13(17)20-8-21-14(10)24(16)15-12(26)11(25)9(28-15)7-23(2)5-3-4-6-27-18;1-5(2,3)4/h8-9,11-12,15,25-26H,3-7,18H2,1-2H3,(H,19,22)(H2,17,20,21);(H2,1,2,3,4)/t9-,11-,12-,15-;/m1./s1. The first-order valence-corrected chi connectivity index (χ1v) is 11.3. The molecule has 9 N–H and O–H groups in total. The summed E-state index contributed by atoms with van der Waals surface area (Å²) in [4.78, 5) is 19.1. The summed E-state index contributed by atoms with van der Waals surface area (Å²) in [5.41, 5.74) is 6.71. The number of aliphatic hydroxyl groups is 2. The summed E-state index contributed by atoms with van der Waals surface area (Å²) >= 11 is 0. The fraction of sp³-hybridized carbons (Fsp3) is 0.688.